The second-order valence-corrected chi connectivity index (χ2v) is 7.79. The molecule has 0 saturated heterocycles. The molecule has 2 bridgehead atoms. The van der Waals surface area contributed by atoms with E-state index in [-0.39, 0.29) is 11.5 Å². The van der Waals surface area contributed by atoms with Crippen molar-refractivity contribution in [3.05, 3.63) is 0 Å². The largest absolute Gasteiger partial charge is 0.393 e. The Morgan fingerprint density at radius 3 is 2.19 bits per heavy atom. The molecular formula is C15H26O. The molecule has 3 rings (SSSR count). The fourth-order valence-electron chi connectivity index (χ4n) is 6.00. The highest BCUT2D eigenvalue weighted by atomic mass is 16.3. The maximum Gasteiger partial charge on any atom is 0.0604 e. The SMILES string of the molecule is CC1(C)CCC[C@@]2(C)C3(C)CC[C@@]12C[C@H]3O. The third-order valence-electron chi connectivity index (χ3n) is 7.44. The highest BCUT2D eigenvalue weighted by Crippen LogP contribution is 2.80. The Bertz CT molecular complexity index is 334. The Balaban J connectivity index is 2.18. The van der Waals surface area contributed by atoms with Crippen LogP contribution in [-0.4, -0.2) is 11.2 Å². The molecule has 3 fully saturated rings. The van der Waals surface area contributed by atoms with Crippen LogP contribution < -0.4 is 0 Å². The Hall–Kier alpha value is -0.0400. The molecule has 1 heteroatoms. The molecule has 1 unspecified atom stereocenters. The van der Waals surface area contributed by atoms with Crippen LogP contribution in [0, 0.1) is 21.7 Å². The van der Waals surface area contributed by atoms with E-state index in [2.05, 4.69) is 27.7 Å². The van der Waals surface area contributed by atoms with Gasteiger partial charge in [-0.05, 0) is 53.8 Å². The van der Waals surface area contributed by atoms with E-state index in [1.165, 1.54) is 32.1 Å². The zero-order chi connectivity index (χ0) is 11.8. The first-order chi connectivity index (χ1) is 7.29. The van der Waals surface area contributed by atoms with Gasteiger partial charge in [-0.3, -0.25) is 0 Å². The minimum Gasteiger partial charge on any atom is -0.393 e. The van der Waals surface area contributed by atoms with Crippen molar-refractivity contribution < 1.29 is 5.11 Å². The molecule has 0 radical (unpaired) electrons. The van der Waals surface area contributed by atoms with Crippen molar-refractivity contribution in [1.82, 2.24) is 0 Å². The summed E-state index contributed by atoms with van der Waals surface area (Å²) in [7, 11) is 0. The van der Waals surface area contributed by atoms with Gasteiger partial charge >= 0.3 is 0 Å². The number of rotatable bonds is 0. The third-order valence-corrected chi connectivity index (χ3v) is 7.44. The summed E-state index contributed by atoms with van der Waals surface area (Å²) in [6.07, 6.45) is 7.65. The zero-order valence-electron chi connectivity index (χ0n) is 11.3. The Morgan fingerprint density at radius 2 is 1.62 bits per heavy atom. The van der Waals surface area contributed by atoms with Gasteiger partial charge in [-0.25, -0.2) is 0 Å². The van der Waals surface area contributed by atoms with Crippen LogP contribution in [0.25, 0.3) is 0 Å². The fourth-order valence-corrected chi connectivity index (χ4v) is 6.00. The predicted octanol–water partition coefficient (Wildman–Crippen LogP) is 3.75. The van der Waals surface area contributed by atoms with E-state index in [0.717, 1.165) is 6.42 Å². The number of hydrogen-bond donors (Lipinski definition) is 1. The van der Waals surface area contributed by atoms with Crippen LogP contribution in [0.5, 0.6) is 0 Å². The van der Waals surface area contributed by atoms with Gasteiger partial charge in [0, 0.05) is 0 Å². The Labute approximate surface area is 99.6 Å². The van der Waals surface area contributed by atoms with Crippen molar-refractivity contribution in [1.29, 1.82) is 0 Å². The second kappa shape index (κ2) is 2.68. The molecule has 1 nitrogen and oxygen atoms in total. The summed E-state index contributed by atoms with van der Waals surface area (Å²) in [4.78, 5) is 0. The van der Waals surface area contributed by atoms with Crippen molar-refractivity contribution in [2.45, 2.75) is 72.3 Å². The summed E-state index contributed by atoms with van der Waals surface area (Å²) >= 11 is 0. The first-order valence-corrected chi connectivity index (χ1v) is 6.97. The van der Waals surface area contributed by atoms with Gasteiger partial charge in [0.15, 0.2) is 0 Å². The lowest BCUT2D eigenvalue weighted by Gasteiger charge is -2.57. The van der Waals surface area contributed by atoms with E-state index >= 15 is 0 Å². The molecule has 3 aliphatic carbocycles. The summed E-state index contributed by atoms with van der Waals surface area (Å²) in [5.74, 6) is 0. The highest BCUT2D eigenvalue weighted by Gasteiger charge is 2.75. The van der Waals surface area contributed by atoms with Crippen molar-refractivity contribution >= 4 is 0 Å². The van der Waals surface area contributed by atoms with E-state index < -0.39 is 0 Å². The van der Waals surface area contributed by atoms with Crippen LogP contribution in [0.4, 0.5) is 0 Å². The van der Waals surface area contributed by atoms with Gasteiger partial charge in [0.2, 0.25) is 0 Å². The van der Waals surface area contributed by atoms with Gasteiger partial charge in [-0.2, -0.15) is 0 Å². The fraction of sp³-hybridized carbons (Fsp3) is 1.00. The van der Waals surface area contributed by atoms with Crippen LogP contribution >= 0.6 is 0 Å². The average molecular weight is 222 g/mol. The second-order valence-electron chi connectivity index (χ2n) is 7.79. The van der Waals surface area contributed by atoms with Crippen molar-refractivity contribution in [2.24, 2.45) is 21.7 Å². The van der Waals surface area contributed by atoms with Gasteiger partial charge in [-0.1, -0.05) is 34.1 Å². The van der Waals surface area contributed by atoms with Crippen LogP contribution in [-0.2, 0) is 0 Å². The molecule has 0 heterocycles. The van der Waals surface area contributed by atoms with Gasteiger partial charge < -0.3 is 5.11 Å². The summed E-state index contributed by atoms with van der Waals surface area (Å²) in [6, 6.07) is 0. The van der Waals surface area contributed by atoms with E-state index in [9.17, 15) is 5.11 Å². The summed E-state index contributed by atoms with van der Waals surface area (Å²) in [5, 5.41) is 10.5. The minimum atomic E-state index is -0.0522. The lowest BCUT2D eigenvalue weighted by atomic mass is 9.47. The molecule has 0 aromatic carbocycles. The van der Waals surface area contributed by atoms with Crippen LogP contribution in [0.3, 0.4) is 0 Å². The molecule has 1 N–H and O–H groups in total. The highest BCUT2D eigenvalue weighted by molar-refractivity contribution is 5.24. The van der Waals surface area contributed by atoms with Gasteiger partial charge in [0.25, 0.3) is 0 Å². The van der Waals surface area contributed by atoms with Crippen LogP contribution in [0.1, 0.15) is 66.2 Å². The molecule has 92 valence electrons. The maximum absolute atomic E-state index is 10.5. The normalized spacial score (nSPS) is 58.7. The van der Waals surface area contributed by atoms with Crippen molar-refractivity contribution in [3.8, 4) is 0 Å². The Kier molecular flexibility index (Phi) is 1.86. The number of aliphatic hydroxyl groups is 1. The molecule has 0 aromatic heterocycles. The number of hydrogen-bond acceptors (Lipinski definition) is 1. The van der Waals surface area contributed by atoms with Gasteiger partial charge in [0.1, 0.15) is 0 Å². The summed E-state index contributed by atoms with van der Waals surface area (Å²) in [6.45, 7) is 9.74. The topological polar surface area (TPSA) is 20.2 Å². The molecule has 0 amide bonds. The summed E-state index contributed by atoms with van der Waals surface area (Å²) < 4.78 is 0. The Morgan fingerprint density at radius 1 is 0.938 bits per heavy atom. The van der Waals surface area contributed by atoms with Gasteiger partial charge in [-0.15, -0.1) is 0 Å². The zero-order valence-corrected chi connectivity index (χ0v) is 11.3. The first kappa shape index (κ1) is 11.1. The average Bonchev–Trinajstić information content (AvgIpc) is 2.50. The standard InChI is InChI=1S/C15H26O/c1-12(2)6-5-7-14(4)13(3)8-9-15(12,14)10-11(13)16/h11,16H,5-10H2,1-4H3/t11-,13?,14+,15-/m1/s1. The van der Waals surface area contributed by atoms with Crippen LogP contribution in [0.15, 0.2) is 0 Å². The third kappa shape index (κ3) is 0.836. The molecule has 16 heavy (non-hydrogen) atoms. The molecule has 0 spiro atoms. The van der Waals surface area contributed by atoms with Crippen molar-refractivity contribution in [2.75, 3.05) is 0 Å². The van der Waals surface area contributed by atoms with Crippen LogP contribution in [0.2, 0.25) is 0 Å². The lowest BCUT2D eigenvalue weighted by molar-refractivity contribution is -0.0830. The smallest absolute Gasteiger partial charge is 0.0604 e. The molecular weight excluding hydrogens is 196 g/mol. The maximum atomic E-state index is 10.5. The van der Waals surface area contributed by atoms with Gasteiger partial charge in [0.05, 0.1) is 6.10 Å². The summed E-state index contributed by atoms with van der Waals surface area (Å²) in [5.41, 5.74) is 1.44. The monoisotopic (exact) mass is 222 g/mol. The van der Waals surface area contributed by atoms with E-state index in [0.29, 0.717) is 16.2 Å². The number of aliphatic hydroxyl groups excluding tert-OH is 1. The molecule has 0 aromatic rings. The molecule has 4 atom stereocenters. The minimum absolute atomic E-state index is 0.0522. The molecule has 3 aliphatic rings. The van der Waals surface area contributed by atoms with E-state index in [1.54, 1.807) is 0 Å². The first-order valence-electron chi connectivity index (χ1n) is 6.97. The van der Waals surface area contributed by atoms with E-state index in [1.807, 2.05) is 0 Å². The van der Waals surface area contributed by atoms with Crippen molar-refractivity contribution in [3.63, 3.8) is 0 Å². The quantitative estimate of drug-likeness (QED) is 0.662. The van der Waals surface area contributed by atoms with E-state index in [4.69, 9.17) is 0 Å². The lowest BCUT2D eigenvalue weighted by Crippen LogP contribution is -2.49. The predicted molar refractivity (Wildman–Crippen MR) is 66.1 cm³/mol. The molecule has 3 saturated carbocycles. The molecule has 0 aliphatic heterocycles.